The minimum absolute atomic E-state index is 0.104. The minimum Gasteiger partial charge on any atom is -0.355 e. The molecule has 0 spiro atoms. The first-order chi connectivity index (χ1) is 9.11. The number of hydrogen-bond donors (Lipinski definition) is 1. The van der Waals surface area contributed by atoms with Gasteiger partial charge in [0, 0.05) is 44.7 Å². The number of hydrogen-bond acceptors (Lipinski definition) is 4. The lowest BCUT2D eigenvalue weighted by Gasteiger charge is -2.10. The summed E-state index contributed by atoms with van der Waals surface area (Å²) < 4.78 is 0. The van der Waals surface area contributed by atoms with Gasteiger partial charge in [-0.1, -0.05) is 12.1 Å². The third kappa shape index (κ3) is 2.88. The minimum atomic E-state index is -0.104. The monoisotopic (exact) mass is 256 g/mol. The molecule has 0 bridgehead atoms. The molecule has 0 saturated heterocycles. The molecule has 1 heterocycles. The summed E-state index contributed by atoms with van der Waals surface area (Å²) in [6.45, 7) is 0. The summed E-state index contributed by atoms with van der Waals surface area (Å²) in [7, 11) is 5.40. The van der Waals surface area contributed by atoms with Crippen LogP contribution in [0.4, 0.5) is 5.95 Å². The Hall–Kier alpha value is -2.43. The second-order valence-electron chi connectivity index (χ2n) is 4.33. The Morgan fingerprint density at radius 1 is 1.16 bits per heavy atom. The van der Waals surface area contributed by atoms with Crippen molar-refractivity contribution in [1.29, 1.82) is 0 Å². The summed E-state index contributed by atoms with van der Waals surface area (Å²) in [5.41, 5.74) is 2.43. The van der Waals surface area contributed by atoms with Crippen LogP contribution < -0.4 is 10.2 Å². The van der Waals surface area contributed by atoms with E-state index in [1.165, 1.54) is 0 Å². The highest BCUT2D eigenvalue weighted by Gasteiger charge is 2.06. The van der Waals surface area contributed by atoms with Crippen molar-refractivity contribution in [1.82, 2.24) is 15.3 Å². The SMILES string of the molecule is CNC(=O)c1cccc(-c2cnc(N(C)C)nc2)c1. The van der Waals surface area contributed by atoms with Crippen LogP contribution in [0.2, 0.25) is 0 Å². The molecule has 1 amide bonds. The van der Waals surface area contributed by atoms with E-state index in [4.69, 9.17) is 0 Å². The molecule has 2 aromatic rings. The van der Waals surface area contributed by atoms with Crippen molar-refractivity contribution in [3.05, 3.63) is 42.2 Å². The summed E-state index contributed by atoms with van der Waals surface area (Å²) in [6, 6.07) is 7.38. The summed E-state index contributed by atoms with van der Waals surface area (Å²) in [4.78, 5) is 22.0. The van der Waals surface area contributed by atoms with Crippen molar-refractivity contribution in [2.75, 3.05) is 26.0 Å². The average molecular weight is 256 g/mol. The fourth-order valence-corrected chi connectivity index (χ4v) is 1.69. The van der Waals surface area contributed by atoms with E-state index in [9.17, 15) is 4.79 Å². The van der Waals surface area contributed by atoms with Gasteiger partial charge in [0.1, 0.15) is 0 Å². The number of carbonyl (C=O) groups is 1. The summed E-state index contributed by atoms with van der Waals surface area (Å²) >= 11 is 0. The van der Waals surface area contributed by atoms with E-state index in [0.717, 1.165) is 11.1 Å². The van der Waals surface area contributed by atoms with E-state index in [-0.39, 0.29) is 5.91 Å². The molecule has 5 nitrogen and oxygen atoms in total. The van der Waals surface area contributed by atoms with Crippen LogP contribution in [0.25, 0.3) is 11.1 Å². The number of nitrogens with zero attached hydrogens (tertiary/aromatic N) is 3. The maximum atomic E-state index is 11.6. The smallest absolute Gasteiger partial charge is 0.251 e. The highest BCUT2D eigenvalue weighted by molar-refractivity contribution is 5.95. The van der Waals surface area contributed by atoms with Crippen LogP contribution >= 0.6 is 0 Å². The van der Waals surface area contributed by atoms with Crippen LogP contribution in [0.15, 0.2) is 36.7 Å². The molecule has 19 heavy (non-hydrogen) atoms. The van der Waals surface area contributed by atoms with E-state index in [0.29, 0.717) is 11.5 Å². The van der Waals surface area contributed by atoms with Crippen molar-refractivity contribution in [2.24, 2.45) is 0 Å². The Balaban J connectivity index is 2.33. The van der Waals surface area contributed by atoms with Gasteiger partial charge in [0.15, 0.2) is 0 Å². The van der Waals surface area contributed by atoms with Gasteiger partial charge in [-0.3, -0.25) is 4.79 Å². The molecule has 1 aromatic heterocycles. The van der Waals surface area contributed by atoms with Crippen LogP contribution in [0.3, 0.4) is 0 Å². The molecule has 0 atom stereocenters. The Labute approximate surface area is 112 Å². The number of rotatable bonds is 3. The van der Waals surface area contributed by atoms with Crippen LogP contribution in [0, 0.1) is 0 Å². The maximum Gasteiger partial charge on any atom is 0.251 e. The van der Waals surface area contributed by atoms with Crippen molar-refractivity contribution < 1.29 is 4.79 Å². The van der Waals surface area contributed by atoms with Crippen molar-refractivity contribution >= 4 is 11.9 Å². The summed E-state index contributed by atoms with van der Waals surface area (Å²) in [5.74, 6) is 0.555. The van der Waals surface area contributed by atoms with Gasteiger partial charge < -0.3 is 10.2 Å². The van der Waals surface area contributed by atoms with E-state index in [1.807, 2.05) is 37.2 Å². The normalized spacial score (nSPS) is 10.1. The number of aromatic nitrogens is 2. The topological polar surface area (TPSA) is 58.1 Å². The largest absolute Gasteiger partial charge is 0.355 e. The molecule has 0 aliphatic heterocycles. The Kier molecular flexibility index (Phi) is 3.75. The molecular weight excluding hydrogens is 240 g/mol. The Morgan fingerprint density at radius 3 is 2.42 bits per heavy atom. The lowest BCUT2D eigenvalue weighted by molar-refractivity contribution is 0.0963. The molecule has 0 aliphatic carbocycles. The number of carbonyl (C=O) groups excluding carboxylic acids is 1. The van der Waals surface area contributed by atoms with Crippen molar-refractivity contribution in [2.45, 2.75) is 0 Å². The predicted octanol–water partition coefficient (Wildman–Crippen LogP) is 1.57. The molecule has 1 N–H and O–H groups in total. The van der Waals surface area contributed by atoms with Gasteiger partial charge in [-0.2, -0.15) is 0 Å². The number of anilines is 1. The quantitative estimate of drug-likeness (QED) is 0.905. The van der Waals surface area contributed by atoms with Crippen LogP contribution in [-0.4, -0.2) is 37.0 Å². The van der Waals surface area contributed by atoms with E-state index < -0.39 is 0 Å². The molecule has 0 unspecified atom stereocenters. The fourth-order valence-electron chi connectivity index (χ4n) is 1.69. The number of nitrogens with one attached hydrogen (secondary N) is 1. The van der Waals surface area contributed by atoms with Gasteiger partial charge >= 0.3 is 0 Å². The van der Waals surface area contributed by atoms with Gasteiger partial charge in [0.2, 0.25) is 5.95 Å². The zero-order valence-electron chi connectivity index (χ0n) is 11.2. The van der Waals surface area contributed by atoms with E-state index in [1.54, 1.807) is 25.5 Å². The molecule has 0 fully saturated rings. The standard InChI is InChI=1S/C14H16N4O/c1-15-13(19)11-6-4-5-10(7-11)12-8-16-14(17-9-12)18(2)3/h4-9H,1-3H3,(H,15,19). The molecule has 5 heteroatoms. The third-order valence-corrected chi connectivity index (χ3v) is 2.72. The zero-order valence-corrected chi connectivity index (χ0v) is 11.2. The second kappa shape index (κ2) is 5.48. The zero-order chi connectivity index (χ0) is 13.8. The highest BCUT2D eigenvalue weighted by Crippen LogP contribution is 2.19. The van der Waals surface area contributed by atoms with Gasteiger partial charge in [0.05, 0.1) is 0 Å². The lowest BCUT2D eigenvalue weighted by Crippen LogP contribution is -2.17. The van der Waals surface area contributed by atoms with Crippen molar-refractivity contribution in [3.8, 4) is 11.1 Å². The van der Waals surface area contributed by atoms with Gasteiger partial charge in [-0.05, 0) is 17.7 Å². The number of amides is 1. The van der Waals surface area contributed by atoms with Crippen LogP contribution in [0.5, 0.6) is 0 Å². The number of benzene rings is 1. The van der Waals surface area contributed by atoms with Crippen molar-refractivity contribution in [3.63, 3.8) is 0 Å². The summed E-state index contributed by atoms with van der Waals surface area (Å²) in [5, 5.41) is 2.61. The highest BCUT2D eigenvalue weighted by atomic mass is 16.1. The van der Waals surface area contributed by atoms with E-state index in [2.05, 4.69) is 15.3 Å². The van der Waals surface area contributed by atoms with Gasteiger partial charge in [0.25, 0.3) is 5.91 Å². The predicted molar refractivity (Wildman–Crippen MR) is 75.2 cm³/mol. The van der Waals surface area contributed by atoms with Gasteiger partial charge in [-0.25, -0.2) is 9.97 Å². The Bertz CT molecular complexity index is 578. The first-order valence-corrected chi connectivity index (χ1v) is 5.93. The van der Waals surface area contributed by atoms with Crippen LogP contribution in [-0.2, 0) is 0 Å². The van der Waals surface area contributed by atoms with E-state index >= 15 is 0 Å². The fraction of sp³-hybridized carbons (Fsp3) is 0.214. The Morgan fingerprint density at radius 2 is 1.84 bits per heavy atom. The first kappa shape index (κ1) is 13.0. The average Bonchev–Trinajstić information content (AvgIpc) is 2.46. The molecule has 0 saturated carbocycles. The molecule has 0 radical (unpaired) electrons. The molecule has 0 aliphatic rings. The van der Waals surface area contributed by atoms with Crippen LogP contribution in [0.1, 0.15) is 10.4 Å². The summed E-state index contributed by atoms with van der Waals surface area (Å²) in [6.07, 6.45) is 3.51. The first-order valence-electron chi connectivity index (χ1n) is 5.93. The maximum absolute atomic E-state index is 11.6. The molecule has 2 rings (SSSR count). The van der Waals surface area contributed by atoms with Gasteiger partial charge in [-0.15, -0.1) is 0 Å². The molecular formula is C14H16N4O. The lowest BCUT2D eigenvalue weighted by atomic mass is 10.1. The molecule has 98 valence electrons. The third-order valence-electron chi connectivity index (χ3n) is 2.72. The molecule has 1 aromatic carbocycles. The second-order valence-corrected chi connectivity index (χ2v) is 4.33.